The number of nitriles is 1. The molecule has 5 atom stereocenters. The zero-order valence-electron chi connectivity index (χ0n) is 18.4. The summed E-state index contributed by atoms with van der Waals surface area (Å²) in [6.07, 6.45) is 0.226. The summed E-state index contributed by atoms with van der Waals surface area (Å²) in [5.41, 5.74) is -0.245. The molecule has 5 heterocycles. The molecule has 2 bridgehead atoms. The highest BCUT2D eigenvalue weighted by molar-refractivity contribution is 8.31. The Morgan fingerprint density at radius 2 is 1.94 bits per heavy atom. The average molecular weight is 489 g/mol. The summed E-state index contributed by atoms with van der Waals surface area (Å²) in [5.74, 6) is 0.871. The van der Waals surface area contributed by atoms with Crippen molar-refractivity contribution in [1.82, 2.24) is 14.7 Å². The number of morpholine rings is 1. The molecule has 5 aliphatic heterocycles. The molecule has 5 aliphatic rings. The SMILES string of the molecule is CN1C(=O)[C@@]23C[C@@](C#N)(CN4CCOCC4)[C@H](c4ccc5c(c4)OCO5)N2C(=O)[C@]1(C)S3=S. The number of piperazine rings is 1. The van der Waals surface area contributed by atoms with Gasteiger partial charge in [0.1, 0.15) is 0 Å². The zero-order valence-corrected chi connectivity index (χ0v) is 20.0. The lowest BCUT2D eigenvalue weighted by atomic mass is 9.76. The molecule has 6 rings (SSSR count). The van der Waals surface area contributed by atoms with E-state index in [0.29, 0.717) is 44.3 Å². The molecule has 11 heteroatoms. The fourth-order valence-electron chi connectivity index (χ4n) is 6.10. The third kappa shape index (κ3) is 2.45. The van der Waals surface area contributed by atoms with Gasteiger partial charge < -0.3 is 24.0 Å². The maximum absolute atomic E-state index is 13.9. The predicted octanol–water partition coefficient (Wildman–Crippen LogP) is 0.509. The van der Waals surface area contributed by atoms with E-state index in [4.69, 9.17) is 25.4 Å². The van der Waals surface area contributed by atoms with Crippen LogP contribution in [-0.4, -0.2) is 82.9 Å². The van der Waals surface area contributed by atoms with Crippen LogP contribution in [0, 0.1) is 16.7 Å². The van der Waals surface area contributed by atoms with Crippen LogP contribution in [0.15, 0.2) is 18.2 Å². The number of hydrogen-bond donors (Lipinski definition) is 0. The number of carbonyl (C=O) groups is 2. The molecule has 1 aromatic carbocycles. The number of hydrogen-bond acceptors (Lipinski definition) is 8. The molecule has 0 aromatic heterocycles. The van der Waals surface area contributed by atoms with Crippen molar-refractivity contribution in [3.05, 3.63) is 23.8 Å². The van der Waals surface area contributed by atoms with Crippen LogP contribution in [0.5, 0.6) is 11.5 Å². The van der Waals surface area contributed by atoms with Gasteiger partial charge in [0.15, 0.2) is 21.2 Å². The Morgan fingerprint density at radius 3 is 2.67 bits per heavy atom. The molecule has 9 nitrogen and oxygen atoms in total. The smallest absolute Gasteiger partial charge is 0.261 e. The number of nitrogens with zero attached hydrogens (tertiary/aromatic N) is 4. The van der Waals surface area contributed by atoms with Gasteiger partial charge in [-0.15, -0.1) is 0 Å². The lowest BCUT2D eigenvalue weighted by Crippen LogP contribution is -2.61. The molecule has 0 saturated carbocycles. The summed E-state index contributed by atoms with van der Waals surface area (Å²) in [6, 6.07) is 7.48. The highest BCUT2D eigenvalue weighted by atomic mass is 32.8. The number of ether oxygens (including phenoxy) is 3. The van der Waals surface area contributed by atoms with E-state index in [2.05, 4.69) is 11.0 Å². The Labute approximate surface area is 198 Å². The molecule has 1 spiro atoms. The second-order valence-electron chi connectivity index (χ2n) is 9.42. The highest BCUT2D eigenvalue weighted by Gasteiger charge is 2.81. The third-order valence-corrected chi connectivity index (χ3v) is 11.9. The molecule has 1 aromatic rings. The summed E-state index contributed by atoms with van der Waals surface area (Å²) >= 11 is 5.94. The Kier molecular flexibility index (Phi) is 4.44. The van der Waals surface area contributed by atoms with Gasteiger partial charge in [-0.3, -0.25) is 14.5 Å². The molecule has 0 aliphatic carbocycles. The highest BCUT2D eigenvalue weighted by Crippen LogP contribution is 2.65. The first kappa shape index (κ1) is 21.3. The summed E-state index contributed by atoms with van der Waals surface area (Å²) in [6.45, 7) is 4.90. The second kappa shape index (κ2) is 6.88. The van der Waals surface area contributed by atoms with Crippen molar-refractivity contribution in [2.45, 2.75) is 29.1 Å². The van der Waals surface area contributed by atoms with E-state index in [-0.39, 0.29) is 25.0 Å². The van der Waals surface area contributed by atoms with Gasteiger partial charge in [0, 0.05) is 33.1 Å². The molecule has 174 valence electrons. The van der Waals surface area contributed by atoms with E-state index < -0.39 is 30.7 Å². The molecule has 0 radical (unpaired) electrons. The lowest BCUT2D eigenvalue weighted by molar-refractivity contribution is -0.159. The van der Waals surface area contributed by atoms with E-state index >= 15 is 0 Å². The van der Waals surface area contributed by atoms with Crippen LogP contribution in [0.1, 0.15) is 24.9 Å². The molecule has 4 fully saturated rings. The minimum atomic E-state index is -1.18. The molecule has 4 saturated heterocycles. The quantitative estimate of drug-likeness (QED) is 0.608. The minimum absolute atomic E-state index is 0.129. The summed E-state index contributed by atoms with van der Waals surface area (Å²) in [5, 5.41) is 10.7. The molecule has 1 unspecified atom stereocenters. The van der Waals surface area contributed by atoms with Gasteiger partial charge in [-0.2, -0.15) is 5.26 Å². The molecular weight excluding hydrogens is 464 g/mol. The number of carbonyl (C=O) groups excluding carboxylic acids is 2. The van der Waals surface area contributed by atoms with Gasteiger partial charge in [-0.1, -0.05) is 15.5 Å². The fraction of sp³-hybridized carbons (Fsp3) is 0.591. The summed E-state index contributed by atoms with van der Waals surface area (Å²) in [4.78, 5) is 30.7. The molecule has 0 N–H and O–H groups in total. The largest absolute Gasteiger partial charge is 0.454 e. The molecule has 2 amide bonds. The lowest BCUT2D eigenvalue weighted by Gasteiger charge is -2.41. The molecular formula is C22H24N4O5S2. The Balaban J connectivity index is 1.53. The van der Waals surface area contributed by atoms with Gasteiger partial charge in [-0.05, 0) is 35.8 Å². The number of rotatable bonds is 3. The molecule has 33 heavy (non-hydrogen) atoms. The van der Waals surface area contributed by atoms with Gasteiger partial charge in [0.05, 0.1) is 30.7 Å². The van der Waals surface area contributed by atoms with Crippen LogP contribution >= 0.6 is 0 Å². The van der Waals surface area contributed by atoms with Gasteiger partial charge in [0.2, 0.25) is 6.79 Å². The van der Waals surface area contributed by atoms with Crippen LogP contribution in [0.4, 0.5) is 0 Å². The number of likely N-dealkylation sites (N-methyl/N-ethyl adjacent to an activating group) is 1. The van der Waals surface area contributed by atoms with Crippen LogP contribution in [0.25, 0.3) is 0 Å². The number of amides is 2. The minimum Gasteiger partial charge on any atom is -0.454 e. The van der Waals surface area contributed by atoms with Crippen molar-refractivity contribution in [2.24, 2.45) is 5.41 Å². The van der Waals surface area contributed by atoms with Crippen molar-refractivity contribution in [3.63, 3.8) is 0 Å². The Morgan fingerprint density at radius 1 is 1.21 bits per heavy atom. The maximum Gasteiger partial charge on any atom is 0.261 e. The summed E-state index contributed by atoms with van der Waals surface area (Å²) in [7, 11) is 0.659. The fourth-order valence-corrected chi connectivity index (χ4v) is 9.58. The van der Waals surface area contributed by atoms with Crippen molar-refractivity contribution in [2.75, 3.05) is 46.7 Å². The number of benzene rings is 1. The van der Waals surface area contributed by atoms with Crippen LogP contribution in [0.3, 0.4) is 0 Å². The monoisotopic (exact) mass is 488 g/mol. The van der Waals surface area contributed by atoms with Crippen molar-refractivity contribution < 1.29 is 23.8 Å². The topological polar surface area (TPSA) is 95.3 Å². The first-order valence-electron chi connectivity index (χ1n) is 10.9. The Bertz CT molecular complexity index is 1150. The van der Waals surface area contributed by atoms with Gasteiger partial charge >= 0.3 is 0 Å². The third-order valence-electron chi connectivity index (χ3n) is 7.83. The normalized spacial score (nSPS) is 39.3. The van der Waals surface area contributed by atoms with Crippen molar-refractivity contribution in [1.29, 1.82) is 5.26 Å². The predicted molar refractivity (Wildman–Crippen MR) is 121 cm³/mol. The number of fused-ring (bicyclic) bond motifs is 2. The maximum atomic E-state index is 13.9. The zero-order chi connectivity index (χ0) is 23.2. The van der Waals surface area contributed by atoms with E-state index in [1.807, 2.05) is 18.2 Å². The Hall–Kier alpha value is -2.26. The van der Waals surface area contributed by atoms with E-state index in [0.717, 1.165) is 5.56 Å². The van der Waals surface area contributed by atoms with Crippen LogP contribution in [-0.2, 0) is 35.0 Å². The van der Waals surface area contributed by atoms with E-state index in [1.54, 1.807) is 18.9 Å². The van der Waals surface area contributed by atoms with Crippen molar-refractivity contribution in [3.8, 4) is 17.6 Å². The van der Waals surface area contributed by atoms with Crippen LogP contribution < -0.4 is 9.47 Å². The summed E-state index contributed by atoms with van der Waals surface area (Å²) < 4.78 is 16.6. The van der Waals surface area contributed by atoms with Crippen LogP contribution in [0.2, 0.25) is 0 Å². The first-order valence-corrected chi connectivity index (χ1v) is 13.1. The standard InChI is InChI=1S/C22H24N4O5S2/c1-20-18(27)26-17(14-3-4-15-16(9-14)31-13-30-15)21(11-23,12-25-5-7-29-8-6-25)10-22(26,33(20)32)19(28)24(20)2/h3-4,9,17H,5-8,10,12-13H2,1-2H3/t17-,20-,21+,22-,33?/m0/s1. The van der Waals surface area contributed by atoms with Gasteiger partial charge in [0.25, 0.3) is 11.8 Å². The van der Waals surface area contributed by atoms with Gasteiger partial charge in [-0.25, -0.2) is 0 Å². The van der Waals surface area contributed by atoms with E-state index in [9.17, 15) is 14.9 Å². The first-order chi connectivity index (χ1) is 15.8. The van der Waals surface area contributed by atoms with Crippen molar-refractivity contribution >= 4 is 32.5 Å². The average Bonchev–Trinajstić information content (AvgIpc) is 3.49. The second-order valence-corrected chi connectivity index (χ2v) is 12.4. The van der Waals surface area contributed by atoms with E-state index in [1.165, 1.54) is 4.90 Å².